The predicted molar refractivity (Wildman–Crippen MR) is 87.3 cm³/mol. The highest BCUT2D eigenvalue weighted by Crippen LogP contribution is 2.37. The maximum Gasteiger partial charge on any atom is 0.291 e. The molecule has 0 spiro atoms. The molecular weight excluding hydrogens is 391 g/mol. The first-order valence-corrected chi connectivity index (χ1v) is 9.82. The predicted octanol–water partition coefficient (Wildman–Crippen LogP) is 2.57. The Morgan fingerprint density at radius 1 is 1.31 bits per heavy atom. The molecule has 1 saturated carbocycles. The van der Waals surface area contributed by atoms with E-state index >= 15 is 0 Å². The Hall–Kier alpha value is -2.05. The molecule has 0 bridgehead atoms. The van der Waals surface area contributed by atoms with Crippen LogP contribution >= 0.6 is 11.3 Å². The van der Waals surface area contributed by atoms with Crippen LogP contribution in [-0.2, 0) is 10.0 Å². The van der Waals surface area contributed by atoms with Crippen molar-refractivity contribution in [1.29, 1.82) is 0 Å². The molecule has 1 aliphatic carbocycles. The van der Waals surface area contributed by atoms with Gasteiger partial charge in [-0.15, -0.1) is 10.2 Å². The Balaban J connectivity index is 1.74. The zero-order valence-corrected chi connectivity index (χ0v) is 14.7. The van der Waals surface area contributed by atoms with E-state index in [2.05, 4.69) is 19.9 Å². The van der Waals surface area contributed by atoms with E-state index in [0.717, 1.165) is 0 Å². The van der Waals surface area contributed by atoms with Crippen LogP contribution in [0.2, 0.25) is 0 Å². The van der Waals surface area contributed by atoms with Gasteiger partial charge >= 0.3 is 0 Å². The van der Waals surface area contributed by atoms with Gasteiger partial charge in [-0.05, 0) is 25.0 Å². The lowest BCUT2D eigenvalue weighted by atomic mass is 10.3. The Morgan fingerprint density at radius 2 is 2.08 bits per heavy atom. The summed E-state index contributed by atoms with van der Waals surface area (Å²) in [6.45, 7) is -0.772. The zero-order valence-electron chi connectivity index (χ0n) is 13.1. The van der Waals surface area contributed by atoms with Crippen LogP contribution in [0, 0.1) is 0 Å². The van der Waals surface area contributed by atoms with Gasteiger partial charge in [-0.25, -0.2) is 31.3 Å². The summed E-state index contributed by atoms with van der Waals surface area (Å²) < 4.78 is 67.3. The van der Waals surface area contributed by atoms with Crippen molar-refractivity contribution >= 4 is 26.9 Å². The topological polar surface area (TPSA) is 89.2 Å². The quantitative estimate of drug-likeness (QED) is 0.683. The largest absolute Gasteiger partial charge is 0.296 e. The Labute approximate surface area is 150 Å². The number of imidazole rings is 1. The van der Waals surface area contributed by atoms with Gasteiger partial charge in [0.25, 0.3) is 6.43 Å². The van der Waals surface area contributed by atoms with Gasteiger partial charge in [-0.3, -0.25) is 4.40 Å². The summed E-state index contributed by atoms with van der Waals surface area (Å²) in [5.74, 6) is 0.202. The number of hydrogen-bond acceptors (Lipinski definition) is 6. The molecule has 0 unspecified atom stereocenters. The Bertz CT molecular complexity index is 1080. The van der Waals surface area contributed by atoms with Crippen LogP contribution in [0.5, 0.6) is 0 Å². The standard InChI is InChI=1S/C14H12F3N5O2S2/c15-7-14(3-4-14)21-26(23,24)9-2-1-8-5-18-11(22(8)6-9)13-20-19-12(25-13)10(16)17/h1-2,5-6,10,21H,3-4,7H2. The van der Waals surface area contributed by atoms with Crippen LogP contribution in [0.3, 0.4) is 0 Å². The Kier molecular flexibility index (Phi) is 4.00. The number of alkyl halides is 3. The molecule has 0 aliphatic heterocycles. The van der Waals surface area contributed by atoms with Crippen molar-refractivity contribution in [2.45, 2.75) is 29.7 Å². The van der Waals surface area contributed by atoms with Crippen LogP contribution < -0.4 is 4.72 Å². The molecule has 0 amide bonds. The minimum Gasteiger partial charge on any atom is -0.296 e. The summed E-state index contributed by atoms with van der Waals surface area (Å²) >= 11 is 0.680. The molecule has 1 fully saturated rings. The molecular formula is C14H12F3N5O2S2. The summed E-state index contributed by atoms with van der Waals surface area (Å²) in [5.41, 5.74) is -0.462. The number of sulfonamides is 1. The summed E-state index contributed by atoms with van der Waals surface area (Å²) in [7, 11) is -3.94. The van der Waals surface area contributed by atoms with E-state index < -0.39 is 33.7 Å². The number of fused-ring (bicyclic) bond motifs is 1. The molecule has 3 aromatic heterocycles. The monoisotopic (exact) mass is 403 g/mol. The van der Waals surface area contributed by atoms with Gasteiger partial charge in [0.2, 0.25) is 10.0 Å². The fraction of sp³-hybridized carbons (Fsp3) is 0.357. The second-order valence-electron chi connectivity index (χ2n) is 6.01. The van der Waals surface area contributed by atoms with Gasteiger partial charge in [-0.2, -0.15) is 0 Å². The number of halogens is 3. The number of pyridine rings is 1. The average molecular weight is 403 g/mol. The lowest BCUT2D eigenvalue weighted by Gasteiger charge is -2.14. The van der Waals surface area contributed by atoms with Crippen molar-refractivity contribution in [3.63, 3.8) is 0 Å². The third-order valence-electron chi connectivity index (χ3n) is 4.09. The molecule has 0 aromatic carbocycles. The summed E-state index contributed by atoms with van der Waals surface area (Å²) in [4.78, 5) is 4.03. The number of hydrogen-bond donors (Lipinski definition) is 1. The summed E-state index contributed by atoms with van der Waals surface area (Å²) in [6, 6.07) is 2.90. The van der Waals surface area contributed by atoms with Gasteiger partial charge in [0.05, 0.1) is 22.1 Å². The molecule has 3 heterocycles. The van der Waals surface area contributed by atoms with E-state index in [9.17, 15) is 21.6 Å². The van der Waals surface area contributed by atoms with Crippen LogP contribution in [0.15, 0.2) is 29.4 Å². The van der Waals surface area contributed by atoms with Crippen molar-refractivity contribution in [3.8, 4) is 10.8 Å². The van der Waals surface area contributed by atoms with E-state index in [4.69, 9.17) is 0 Å². The zero-order chi connectivity index (χ0) is 18.5. The normalized spacial score (nSPS) is 16.5. The minimum atomic E-state index is -3.94. The first-order chi connectivity index (χ1) is 12.3. The molecule has 0 atom stereocenters. The van der Waals surface area contributed by atoms with Crippen molar-refractivity contribution in [1.82, 2.24) is 24.3 Å². The number of aromatic nitrogens is 4. The number of nitrogens with one attached hydrogen (secondary N) is 1. The molecule has 1 aliphatic rings. The first-order valence-electron chi connectivity index (χ1n) is 7.53. The van der Waals surface area contributed by atoms with E-state index in [1.165, 1.54) is 28.9 Å². The average Bonchev–Trinajstić information content (AvgIpc) is 3.03. The summed E-state index contributed by atoms with van der Waals surface area (Å²) in [5, 5.41) is 6.81. The highest BCUT2D eigenvalue weighted by atomic mass is 32.2. The molecule has 26 heavy (non-hydrogen) atoms. The lowest BCUT2D eigenvalue weighted by Crippen LogP contribution is -2.38. The van der Waals surface area contributed by atoms with Crippen LogP contribution in [-0.4, -0.2) is 40.2 Å². The SMILES string of the molecule is O=S(=O)(NC1(CF)CC1)c1ccc2cnc(-c3nnc(C(F)F)s3)n2c1. The summed E-state index contributed by atoms with van der Waals surface area (Å²) in [6.07, 6.45) is 0.915. The molecule has 12 heteroatoms. The van der Waals surface area contributed by atoms with Gasteiger partial charge in [0.15, 0.2) is 15.8 Å². The number of rotatable bonds is 6. The van der Waals surface area contributed by atoms with E-state index in [0.29, 0.717) is 29.7 Å². The maximum atomic E-state index is 13.0. The van der Waals surface area contributed by atoms with Crippen molar-refractivity contribution in [2.75, 3.05) is 6.67 Å². The molecule has 7 nitrogen and oxygen atoms in total. The van der Waals surface area contributed by atoms with Crippen molar-refractivity contribution in [3.05, 3.63) is 29.5 Å². The van der Waals surface area contributed by atoms with E-state index in [1.54, 1.807) is 0 Å². The molecule has 4 rings (SSSR count). The van der Waals surface area contributed by atoms with Crippen LogP contribution in [0.4, 0.5) is 13.2 Å². The fourth-order valence-electron chi connectivity index (χ4n) is 2.46. The highest BCUT2D eigenvalue weighted by molar-refractivity contribution is 7.89. The number of nitrogens with zero attached hydrogens (tertiary/aromatic N) is 4. The third-order valence-corrected chi connectivity index (χ3v) is 6.58. The van der Waals surface area contributed by atoms with E-state index in [-0.39, 0.29) is 15.7 Å². The van der Waals surface area contributed by atoms with Gasteiger partial charge in [0, 0.05) is 6.20 Å². The van der Waals surface area contributed by atoms with Crippen LogP contribution in [0.25, 0.3) is 16.3 Å². The second-order valence-corrected chi connectivity index (χ2v) is 8.70. The minimum absolute atomic E-state index is 0.0810. The maximum absolute atomic E-state index is 13.0. The van der Waals surface area contributed by atoms with Crippen molar-refractivity contribution in [2.24, 2.45) is 0 Å². The smallest absolute Gasteiger partial charge is 0.291 e. The van der Waals surface area contributed by atoms with Gasteiger partial charge in [-0.1, -0.05) is 11.3 Å². The fourth-order valence-corrected chi connectivity index (χ4v) is 4.59. The van der Waals surface area contributed by atoms with E-state index in [1.807, 2.05) is 0 Å². The molecule has 3 aromatic rings. The molecule has 0 radical (unpaired) electrons. The molecule has 138 valence electrons. The molecule has 0 saturated heterocycles. The van der Waals surface area contributed by atoms with Gasteiger partial charge < -0.3 is 0 Å². The van der Waals surface area contributed by atoms with Crippen molar-refractivity contribution < 1.29 is 21.6 Å². The first kappa shape index (κ1) is 17.4. The highest BCUT2D eigenvalue weighted by Gasteiger charge is 2.46. The second kappa shape index (κ2) is 5.99. The van der Waals surface area contributed by atoms with Crippen LogP contribution in [0.1, 0.15) is 24.3 Å². The third kappa shape index (κ3) is 2.97. The lowest BCUT2D eigenvalue weighted by molar-refractivity contribution is 0.150. The molecule has 1 N–H and O–H groups in total. The van der Waals surface area contributed by atoms with Gasteiger partial charge in [0.1, 0.15) is 6.67 Å². The Morgan fingerprint density at radius 3 is 2.69 bits per heavy atom.